The highest BCUT2D eigenvalue weighted by Crippen LogP contribution is 2.25. The van der Waals surface area contributed by atoms with E-state index < -0.39 is 0 Å². The Morgan fingerprint density at radius 2 is 0.341 bits per heavy atom. The van der Waals surface area contributed by atoms with E-state index in [1.165, 1.54) is 172 Å². The van der Waals surface area contributed by atoms with Crippen LogP contribution in [0.4, 0.5) is 0 Å². The minimum absolute atomic E-state index is 1.33. The van der Waals surface area contributed by atoms with Crippen LogP contribution in [-0.2, 0) is 0 Å². The summed E-state index contributed by atoms with van der Waals surface area (Å²) in [7, 11) is 0. The molecular weight excluding hydrogens is 1020 g/mol. The molecule has 0 N–H and O–H groups in total. The second kappa shape index (κ2) is 37.4. The Bertz CT molecular complexity index is 3230. The standard InChI is InChI=1S/C12H18.C11H16.2C10H14.2C9H12.3C8H10/c1-7-8(2)10(4)12(6)11(5)9(7)3;1-7-6-8(2)10(4)11(5)9(7)3;1-7-5-9(3)10(4)6-8(7)2;1-7-5-8(2)10(4)9(3)6-7;1-7-4-5-8(2)9(3)6-7;1-7-5-4-6-8(2)9(7)3;1-7-3-5-8(2)6-4-7;1-7-4-3-5-8(2)6-7;1-7-5-3-4-6-8(7)2/h1-6H3;6H,1-5H3;2*5-6H,1-4H3;2*4-6H,1-3H3;3*3-6H,1-2H3. The first kappa shape index (κ1) is 76.0. The quantitative estimate of drug-likeness (QED) is 0.142. The van der Waals surface area contributed by atoms with Crippen LogP contribution < -0.4 is 0 Å². The Morgan fingerprint density at radius 1 is 0.118 bits per heavy atom. The van der Waals surface area contributed by atoms with E-state index in [0.29, 0.717) is 0 Å². The summed E-state index contributed by atoms with van der Waals surface area (Å²) < 4.78 is 0. The van der Waals surface area contributed by atoms with Crippen molar-refractivity contribution in [2.75, 3.05) is 0 Å². The van der Waals surface area contributed by atoms with Crippen LogP contribution in [0.15, 0.2) is 140 Å². The third-order valence-corrected chi connectivity index (χ3v) is 17.7. The Labute approximate surface area is 523 Å². The first-order valence-electron chi connectivity index (χ1n) is 30.8. The first-order valence-corrected chi connectivity index (χ1v) is 30.8. The normalized spacial score (nSPS) is 9.82. The largest absolute Gasteiger partial charge is 0.0620 e. The summed E-state index contributed by atoms with van der Waals surface area (Å²) in [5, 5.41) is 0. The predicted octanol–water partition coefficient (Wildman–Crippen LogP) is 24.7. The number of hydrogen-bond acceptors (Lipinski definition) is 0. The van der Waals surface area contributed by atoms with Crippen molar-refractivity contribution in [2.24, 2.45) is 0 Å². The molecule has 85 heavy (non-hydrogen) atoms. The van der Waals surface area contributed by atoms with Crippen LogP contribution >= 0.6 is 0 Å². The van der Waals surface area contributed by atoms with Gasteiger partial charge in [0.05, 0.1) is 0 Å². The Hall–Kier alpha value is -7.02. The van der Waals surface area contributed by atoms with Gasteiger partial charge < -0.3 is 0 Å². The maximum atomic E-state index is 2.26. The fourth-order valence-electron chi connectivity index (χ4n) is 9.35. The van der Waals surface area contributed by atoms with Gasteiger partial charge in [0.1, 0.15) is 0 Å². The highest BCUT2D eigenvalue weighted by atomic mass is 14.1. The summed E-state index contributed by atoms with van der Waals surface area (Å²) in [5.74, 6) is 0. The molecule has 0 heterocycles. The van der Waals surface area contributed by atoms with Gasteiger partial charge >= 0.3 is 0 Å². The van der Waals surface area contributed by atoms with Crippen LogP contribution in [0.5, 0.6) is 0 Å². The smallest absolute Gasteiger partial charge is 0.0392 e. The lowest BCUT2D eigenvalue weighted by atomic mass is 9.90. The molecule has 0 aliphatic carbocycles. The van der Waals surface area contributed by atoms with Gasteiger partial charge in [0.2, 0.25) is 0 Å². The second-order valence-corrected chi connectivity index (χ2v) is 24.7. The van der Waals surface area contributed by atoms with Crippen LogP contribution in [0.1, 0.15) is 172 Å². The summed E-state index contributed by atoms with van der Waals surface area (Å²) in [6, 6.07) is 49.4. The molecule has 0 aliphatic heterocycles. The van der Waals surface area contributed by atoms with Crippen molar-refractivity contribution in [1.82, 2.24) is 0 Å². The van der Waals surface area contributed by atoms with E-state index >= 15 is 0 Å². The van der Waals surface area contributed by atoms with E-state index in [2.05, 4.69) is 354 Å². The minimum Gasteiger partial charge on any atom is -0.0620 e. The summed E-state index contributed by atoms with van der Waals surface area (Å²) >= 11 is 0. The van der Waals surface area contributed by atoms with Gasteiger partial charge in [0, 0.05) is 0 Å². The third kappa shape index (κ3) is 26.8. The van der Waals surface area contributed by atoms with Crippen molar-refractivity contribution in [2.45, 2.75) is 215 Å². The molecular formula is C85H116. The average molecular weight is 1140 g/mol. The van der Waals surface area contributed by atoms with Crippen molar-refractivity contribution in [3.8, 4) is 0 Å². The summed E-state index contributed by atoms with van der Waals surface area (Å²) in [5.41, 5.74) is 43.4. The van der Waals surface area contributed by atoms with Gasteiger partial charge in [-0.05, 0) is 354 Å². The summed E-state index contributed by atoms with van der Waals surface area (Å²) in [6.07, 6.45) is 0. The van der Waals surface area contributed by atoms with E-state index in [0.717, 1.165) is 0 Å². The number of rotatable bonds is 0. The Kier molecular flexibility index (Phi) is 33.5. The lowest BCUT2D eigenvalue weighted by Crippen LogP contribution is -1.98. The molecule has 0 bridgehead atoms. The molecule has 0 spiro atoms. The molecule has 9 rings (SSSR count). The molecule has 456 valence electrons. The van der Waals surface area contributed by atoms with Gasteiger partial charge in [0.15, 0.2) is 0 Å². The Morgan fingerprint density at radius 3 is 0.624 bits per heavy atom. The monoisotopic (exact) mass is 1140 g/mol. The summed E-state index contributed by atoms with van der Waals surface area (Å²) in [4.78, 5) is 0. The summed E-state index contributed by atoms with van der Waals surface area (Å²) in [6.45, 7) is 66.9. The van der Waals surface area contributed by atoms with Crippen LogP contribution in [0.3, 0.4) is 0 Å². The van der Waals surface area contributed by atoms with E-state index in [1.54, 1.807) is 0 Å². The molecule has 0 saturated heterocycles. The number of aryl methyl sites for hydroxylation is 20. The minimum atomic E-state index is 1.33. The SMILES string of the molecule is Cc1c(C)c(C)c(C)c(C)c1C.Cc1cc(C)c(C)c(C)c1.Cc1cc(C)c(C)c(C)c1C.Cc1cc(C)c(C)cc1C.Cc1ccc(C)c(C)c1.Cc1ccc(C)cc1.Cc1cccc(C)c1.Cc1cccc(C)c1C.Cc1ccccc1C. The van der Waals surface area contributed by atoms with Crippen molar-refractivity contribution < 1.29 is 0 Å². The van der Waals surface area contributed by atoms with Gasteiger partial charge in [-0.1, -0.05) is 173 Å². The molecule has 0 aromatic heterocycles. The average Bonchev–Trinajstić information content (AvgIpc) is 3.54. The van der Waals surface area contributed by atoms with E-state index in [1.807, 2.05) is 0 Å². The molecule has 0 fully saturated rings. The molecule has 0 heteroatoms. The van der Waals surface area contributed by atoms with Crippen molar-refractivity contribution in [3.63, 3.8) is 0 Å². The fourth-order valence-corrected chi connectivity index (χ4v) is 9.35. The maximum Gasteiger partial charge on any atom is -0.0392 e. The molecule has 9 aromatic carbocycles. The first-order chi connectivity index (χ1) is 39.5. The molecule has 0 nitrogen and oxygen atoms in total. The van der Waals surface area contributed by atoms with Gasteiger partial charge in [-0.15, -0.1) is 0 Å². The van der Waals surface area contributed by atoms with Crippen LogP contribution in [0.2, 0.25) is 0 Å². The maximum absolute atomic E-state index is 2.26. The van der Waals surface area contributed by atoms with E-state index in [9.17, 15) is 0 Å². The van der Waals surface area contributed by atoms with E-state index in [4.69, 9.17) is 0 Å². The van der Waals surface area contributed by atoms with Crippen LogP contribution in [0.25, 0.3) is 0 Å². The van der Waals surface area contributed by atoms with Crippen molar-refractivity contribution in [1.29, 1.82) is 0 Å². The lowest BCUT2D eigenvalue weighted by Gasteiger charge is -2.15. The molecule has 0 aliphatic rings. The second-order valence-electron chi connectivity index (χ2n) is 24.7. The van der Waals surface area contributed by atoms with Gasteiger partial charge in [0.25, 0.3) is 0 Å². The molecule has 0 amide bonds. The van der Waals surface area contributed by atoms with Crippen LogP contribution in [-0.4, -0.2) is 0 Å². The van der Waals surface area contributed by atoms with Crippen LogP contribution in [0, 0.1) is 215 Å². The zero-order chi connectivity index (χ0) is 65.2. The van der Waals surface area contributed by atoms with E-state index in [-0.39, 0.29) is 0 Å². The van der Waals surface area contributed by atoms with Crippen molar-refractivity contribution >= 4 is 0 Å². The topological polar surface area (TPSA) is 0 Å². The van der Waals surface area contributed by atoms with Gasteiger partial charge in [-0.25, -0.2) is 0 Å². The van der Waals surface area contributed by atoms with Crippen molar-refractivity contribution in [3.05, 3.63) is 312 Å². The molecule has 0 unspecified atom stereocenters. The fraction of sp³-hybridized carbons (Fsp3) is 0.365. The molecule has 0 saturated carbocycles. The number of hydrogen-bond donors (Lipinski definition) is 0. The highest BCUT2D eigenvalue weighted by Gasteiger charge is 2.08. The number of benzene rings is 9. The molecule has 0 radical (unpaired) electrons. The lowest BCUT2D eigenvalue weighted by molar-refractivity contribution is 1.13. The predicted molar refractivity (Wildman–Crippen MR) is 385 cm³/mol. The third-order valence-electron chi connectivity index (χ3n) is 17.7. The van der Waals surface area contributed by atoms with Gasteiger partial charge in [-0.2, -0.15) is 0 Å². The molecule has 9 aromatic rings. The zero-order valence-corrected chi connectivity index (χ0v) is 59.8. The zero-order valence-electron chi connectivity index (χ0n) is 59.8. The van der Waals surface area contributed by atoms with Gasteiger partial charge in [-0.3, -0.25) is 0 Å². The highest BCUT2D eigenvalue weighted by molar-refractivity contribution is 5.49. The Balaban J connectivity index is 0.000000479. The molecule has 0 atom stereocenters.